The molecule has 2 aromatic rings. The first-order chi connectivity index (χ1) is 14.0. The number of ether oxygens (including phenoxy) is 1. The van der Waals surface area contributed by atoms with Crippen molar-refractivity contribution in [1.29, 1.82) is 5.26 Å². The van der Waals surface area contributed by atoms with Crippen LogP contribution < -0.4 is 10.1 Å². The Morgan fingerprint density at radius 1 is 1.07 bits per heavy atom. The third-order valence-corrected chi connectivity index (χ3v) is 6.81. The minimum Gasteiger partial charge on any atom is -0.495 e. The molecular formula is C21H23N3O4S. The van der Waals surface area contributed by atoms with E-state index in [1.807, 2.05) is 6.07 Å². The average molecular weight is 413 g/mol. The molecule has 0 spiro atoms. The van der Waals surface area contributed by atoms with Gasteiger partial charge in [0.2, 0.25) is 10.0 Å². The van der Waals surface area contributed by atoms with E-state index < -0.39 is 15.9 Å². The van der Waals surface area contributed by atoms with E-state index in [0.717, 1.165) is 25.7 Å². The quantitative estimate of drug-likeness (QED) is 0.810. The van der Waals surface area contributed by atoms with Crippen molar-refractivity contribution in [2.24, 2.45) is 0 Å². The lowest BCUT2D eigenvalue weighted by Gasteiger charge is -2.20. The number of carbonyl (C=O) groups is 1. The standard InChI is InChI=1S/C21H23N3O4S/c1-28-20-11-6-16(15-22)14-19(20)23-21(25)17-7-9-18(10-8-17)29(26,27)24-12-4-2-3-5-13-24/h6-11,14H,2-5,12-13H2,1H3,(H,23,25). The van der Waals surface area contributed by atoms with E-state index in [9.17, 15) is 13.2 Å². The molecule has 1 aliphatic rings. The number of benzene rings is 2. The van der Waals surface area contributed by atoms with Crippen molar-refractivity contribution in [3.05, 3.63) is 53.6 Å². The van der Waals surface area contributed by atoms with Gasteiger partial charge in [0.1, 0.15) is 5.75 Å². The molecule has 1 N–H and O–H groups in total. The summed E-state index contributed by atoms with van der Waals surface area (Å²) in [7, 11) is -2.09. The smallest absolute Gasteiger partial charge is 0.255 e. The Hall–Kier alpha value is -2.89. The topological polar surface area (TPSA) is 99.5 Å². The number of methoxy groups -OCH3 is 1. The van der Waals surface area contributed by atoms with Gasteiger partial charge in [-0.25, -0.2) is 8.42 Å². The Balaban J connectivity index is 1.78. The summed E-state index contributed by atoms with van der Waals surface area (Å²) >= 11 is 0. The second-order valence-corrected chi connectivity index (χ2v) is 8.76. The number of carbonyl (C=O) groups excluding carboxylic acids is 1. The van der Waals surface area contributed by atoms with Crippen LogP contribution in [0.4, 0.5) is 5.69 Å². The molecule has 1 heterocycles. The van der Waals surface area contributed by atoms with Crippen molar-refractivity contribution < 1.29 is 17.9 Å². The molecule has 3 rings (SSSR count). The van der Waals surface area contributed by atoms with Crippen LogP contribution in [0.15, 0.2) is 47.4 Å². The molecule has 0 saturated carbocycles. The van der Waals surface area contributed by atoms with Crippen LogP contribution in [-0.2, 0) is 10.0 Å². The highest BCUT2D eigenvalue weighted by Crippen LogP contribution is 2.26. The van der Waals surface area contributed by atoms with Gasteiger partial charge in [-0.3, -0.25) is 4.79 Å². The Morgan fingerprint density at radius 2 is 1.72 bits per heavy atom. The fourth-order valence-corrected chi connectivity index (χ4v) is 4.80. The molecule has 2 aromatic carbocycles. The molecule has 0 radical (unpaired) electrons. The van der Waals surface area contributed by atoms with Crippen LogP contribution >= 0.6 is 0 Å². The van der Waals surface area contributed by atoms with E-state index in [0.29, 0.717) is 35.7 Å². The number of nitrogens with one attached hydrogen (secondary N) is 1. The highest BCUT2D eigenvalue weighted by atomic mass is 32.2. The van der Waals surface area contributed by atoms with Gasteiger partial charge in [-0.1, -0.05) is 12.8 Å². The van der Waals surface area contributed by atoms with Crippen molar-refractivity contribution in [2.45, 2.75) is 30.6 Å². The zero-order valence-electron chi connectivity index (χ0n) is 16.2. The minimum atomic E-state index is -3.56. The summed E-state index contributed by atoms with van der Waals surface area (Å²) in [5, 5.41) is 11.8. The number of sulfonamides is 1. The molecule has 1 fully saturated rings. The monoisotopic (exact) mass is 413 g/mol. The number of nitriles is 1. The van der Waals surface area contributed by atoms with Gasteiger partial charge in [0, 0.05) is 18.7 Å². The van der Waals surface area contributed by atoms with Gasteiger partial charge in [-0.05, 0) is 55.3 Å². The van der Waals surface area contributed by atoms with E-state index in [1.165, 1.54) is 41.7 Å². The SMILES string of the molecule is COc1ccc(C#N)cc1NC(=O)c1ccc(S(=O)(=O)N2CCCCCC2)cc1. The van der Waals surface area contributed by atoms with Crippen molar-refractivity contribution in [2.75, 3.05) is 25.5 Å². The summed E-state index contributed by atoms with van der Waals surface area (Å²) in [6.45, 7) is 1.05. The first-order valence-electron chi connectivity index (χ1n) is 9.45. The maximum atomic E-state index is 12.8. The van der Waals surface area contributed by atoms with Crippen molar-refractivity contribution in [3.8, 4) is 11.8 Å². The third-order valence-electron chi connectivity index (χ3n) is 4.90. The number of hydrogen-bond acceptors (Lipinski definition) is 5. The Kier molecular flexibility index (Phi) is 6.52. The van der Waals surface area contributed by atoms with Gasteiger partial charge in [-0.2, -0.15) is 9.57 Å². The average Bonchev–Trinajstić information content (AvgIpc) is 3.04. The second-order valence-electron chi connectivity index (χ2n) is 6.82. The molecule has 7 nitrogen and oxygen atoms in total. The van der Waals surface area contributed by atoms with Crippen LogP contribution in [0.2, 0.25) is 0 Å². The maximum Gasteiger partial charge on any atom is 0.255 e. The summed E-state index contributed by atoms with van der Waals surface area (Å²) < 4.78 is 32.4. The zero-order valence-corrected chi connectivity index (χ0v) is 17.0. The molecule has 152 valence electrons. The lowest BCUT2D eigenvalue weighted by molar-refractivity contribution is 0.102. The van der Waals surface area contributed by atoms with E-state index in [1.54, 1.807) is 12.1 Å². The number of nitrogens with zero attached hydrogens (tertiary/aromatic N) is 2. The Labute approximate surface area is 171 Å². The number of rotatable bonds is 5. The van der Waals surface area contributed by atoms with Gasteiger partial charge in [0.05, 0.1) is 29.3 Å². The van der Waals surface area contributed by atoms with E-state index >= 15 is 0 Å². The van der Waals surface area contributed by atoms with Crippen LogP contribution in [-0.4, -0.2) is 38.8 Å². The van der Waals surface area contributed by atoms with Crippen LogP contribution in [0.25, 0.3) is 0 Å². The minimum absolute atomic E-state index is 0.181. The number of anilines is 1. The molecular weight excluding hydrogens is 390 g/mol. The van der Waals surface area contributed by atoms with Crippen LogP contribution in [0.5, 0.6) is 5.75 Å². The predicted molar refractivity (Wildman–Crippen MR) is 109 cm³/mol. The lowest BCUT2D eigenvalue weighted by Crippen LogP contribution is -2.31. The van der Waals surface area contributed by atoms with Crippen molar-refractivity contribution in [3.63, 3.8) is 0 Å². The summed E-state index contributed by atoms with van der Waals surface area (Å²) in [5.74, 6) is 0.00909. The number of hydrogen-bond donors (Lipinski definition) is 1. The normalized spacial score (nSPS) is 15.2. The van der Waals surface area contributed by atoms with Gasteiger partial charge in [0.25, 0.3) is 5.91 Å². The summed E-state index contributed by atoms with van der Waals surface area (Å²) in [5.41, 5.74) is 1.07. The molecule has 0 aliphatic carbocycles. The van der Waals surface area contributed by atoms with E-state index in [-0.39, 0.29) is 4.90 Å². The Bertz CT molecular complexity index is 1020. The fourth-order valence-electron chi connectivity index (χ4n) is 3.28. The van der Waals surface area contributed by atoms with Gasteiger partial charge in [-0.15, -0.1) is 0 Å². The van der Waals surface area contributed by atoms with Crippen molar-refractivity contribution >= 4 is 21.6 Å². The van der Waals surface area contributed by atoms with Crippen LogP contribution in [0, 0.1) is 11.3 Å². The molecule has 1 amide bonds. The second kappa shape index (κ2) is 9.07. The van der Waals surface area contributed by atoms with Gasteiger partial charge >= 0.3 is 0 Å². The molecule has 0 bridgehead atoms. The Morgan fingerprint density at radius 3 is 2.31 bits per heavy atom. The first-order valence-corrected chi connectivity index (χ1v) is 10.9. The maximum absolute atomic E-state index is 12.8. The van der Waals surface area contributed by atoms with Crippen LogP contribution in [0.1, 0.15) is 41.6 Å². The largest absolute Gasteiger partial charge is 0.495 e. The summed E-state index contributed by atoms with van der Waals surface area (Å²) in [4.78, 5) is 12.8. The summed E-state index contributed by atoms with van der Waals surface area (Å²) in [6, 6.07) is 12.6. The third kappa shape index (κ3) is 4.75. The van der Waals surface area contributed by atoms with E-state index in [4.69, 9.17) is 10.00 Å². The predicted octanol–water partition coefficient (Wildman–Crippen LogP) is 3.38. The highest BCUT2D eigenvalue weighted by molar-refractivity contribution is 7.89. The van der Waals surface area contributed by atoms with E-state index in [2.05, 4.69) is 5.32 Å². The molecule has 29 heavy (non-hydrogen) atoms. The lowest BCUT2D eigenvalue weighted by atomic mass is 10.1. The van der Waals surface area contributed by atoms with Gasteiger partial charge < -0.3 is 10.1 Å². The molecule has 8 heteroatoms. The highest BCUT2D eigenvalue weighted by Gasteiger charge is 2.25. The molecule has 1 aliphatic heterocycles. The van der Waals surface area contributed by atoms with Gasteiger partial charge in [0.15, 0.2) is 0 Å². The molecule has 1 saturated heterocycles. The van der Waals surface area contributed by atoms with Crippen molar-refractivity contribution in [1.82, 2.24) is 4.31 Å². The zero-order chi connectivity index (χ0) is 20.9. The molecule has 0 aromatic heterocycles. The van der Waals surface area contributed by atoms with Crippen LogP contribution in [0.3, 0.4) is 0 Å². The fraction of sp³-hybridized carbons (Fsp3) is 0.333. The summed E-state index contributed by atoms with van der Waals surface area (Å²) in [6.07, 6.45) is 3.82. The molecule has 0 atom stereocenters. The first kappa shape index (κ1) is 20.8. The molecule has 0 unspecified atom stereocenters. The number of amides is 1.